The molecular formula is C10H14N2O3S. The minimum Gasteiger partial charge on any atom is -0.480 e. The van der Waals surface area contributed by atoms with Gasteiger partial charge in [0, 0.05) is 5.38 Å². The number of rotatable bonds is 6. The number of hydrogen-bond acceptors (Lipinski definition) is 4. The number of hydrogen-bond donors (Lipinski definition) is 2. The van der Waals surface area contributed by atoms with E-state index in [4.69, 9.17) is 5.11 Å². The van der Waals surface area contributed by atoms with Crippen molar-refractivity contribution in [2.75, 3.05) is 0 Å². The molecule has 0 spiro atoms. The molecule has 0 aliphatic heterocycles. The number of amides is 1. The van der Waals surface area contributed by atoms with Crippen molar-refractivity contribution in [2.24, 2.45) is 0 Å². The summed E-state index contributed by atoms with van der Waals surface area (Å²) in [5, 5.41) is 13.0. The van der Waals surface area contributed by atoms with E-state index < -0.39 is 17.9 Å². The van der Waals surface area contributed by atoms with Gasteiger partial charge < -0.3 is 10.4 Å². The van der Waals surface area contributed by atoms with Crippen molar-refractivity contribution in [3.8, 4) is 0 Å². The maximum absolute atomic E-state index is 11.6. The Morgan fingerprint density at radius 2 is 2.38 bits per heavy atom. The quantitative estimate of drug-likeness (QED) is 0.792. The summed E-state index contributed by atoms with van der Waals surface area (Å²) in [5.41, 5.74) is 1.81. The van der Waals surface area contributed by atoms with Gasteiger partial charge in [-0.05, 0) is 6.42 Å². The predicted molar refractivity (Wildman–Crippen MR) is 60.5 cm³/mol. The molecule has 0 fully saturated rings. The zero-order chi connectivity index (χ0) is 12.0. The van der Waals surface area contributed by atoms with E-state index in [0.717, 1.165) is 12.8 Å². The van der Waals surface area contributed by atoms with E-state index in [1.807, 2.05) is 6.92 Å². The van der Waals surface area contributed by atoms with Crippen molar-refractivity contribution in [3.63, 3.8) is 0 Å². The number of aliphatic carboxylic acids is 1. The lowest BCUT2D eigenvalue weighted by atomic mass is 10.1. The first-order chi connectivity index (χ1) is 7.65. The van der Waals surface area contributed by atoms with Crippen LogP contribution in [0.1, 0.15) is 36.7 Å². The molecule has 1 aromatic rings. The minimum absolute atomic E-state index is 0.271. The van der Waals surface area contributed by atoms with Crippen molar-refractivity contribution in [1.29, 1.82) is 0 Å². The van der Waals surface area contributed by atoms with Gasteiger partial charge in [-0.3, -0.25) is 4.79 Å². The molecule has 0 radical (unpaired) electrons. The Bertz CT molecular complexity index is 351. The van der Waals surface area contributed by atoms with E-state index in [0.29, 0.717) is 6.42 Å². The van der Waals surface area contributed by atoms with Crippen LogP contribution in [0.25, 0.3) is 0 Å². The lowest BCUT2D eigenvalue weighted by molar-refractivity contribution is -0.139. The molecule has 0 aliphatic carbocycles. The Labute approximate surface area is 97.5 Å². The number of nitrogens with zero attached hydrogens (tertiary/aromatic N) is 1. The molecule has 0 aromatic carbocycles. The van der Waals surface area contributed by atoms with Crippen LogP contribution < -0.4 is 5.32 Å². The zero-order valence-corrected chi connectivity index (χ0v) is 9.79. The third kappa shape index (κ3) is 3.62. The molecular weight excluding hydrogens is 228 g/mol. The minimum atomic E-state index is -1.00. The van der Waals surface area contributed by atoms with Gasteiger partial charge in [0.2, 0.25) is 0 Å². The first kappa shape index (κ1) is 12.6. The molecule has 1 heterocycles. The number of nitrogens with one attached hydrogen (secondary N) is 1. The number of carbonyl (C=O) groups is 2. The summed E-state index contributed by atoms with van der Waals surface area (Å²) >= 11 is 1.30. The molecule has 2 N–H and O–H groups in total. The second-order valence-corrected chi connectivity index (χ2v) is 4.10. The number of carbonyl (C=O) groups excluding carboxylic acids is 1. The fraction of sp³-hybridized carbons (Fsp3) is 0.500. The number of thiazole rings is 1. The smallest absolute Gasteiger partial charge is 0.326 e. The maximum Gasteiger partial charge on any atom is 0.326 e. The van der Waals surface area contributed by atoms with E-state index in [1.54, 1.807) is 5.38 Å². The van der Waals surface area contributed by atoms with Gasteiger partial charge in [-0.25, -0.2) is 9.78 Å². The van der Waals surface area contributed by atoms with Crippen LogP contribution in [0, 0.1) is 0 Å². The molecule has 0 saturated heterocycles. The van der Waals surface area contributed by atoms with Crippen molar-refractivity contribution >= 4 is 23.2 Å². The van der Waals surface area contributed by atoms with Crippen LogP contribution in [0.2, 0.25) is 0 Å². The van der Waals surface area contributed by atoms with Crippen molar-refractivity contribution in [1.82, 2.24) is 10.3 Å². The summed E-state index contributed by atoms with van der Waals surface area (Å²) in [6.45, 7) is 1.97. The Balaban J connectivity index is 2.54. The highest BCUT2D eigenvalue weighted by atomic mass is 32.1. The summed E-state index contributed by atoms with van der Waals surface area (Å²) in [7, 11) is 0. The predicted octanol–water partition coefficient (Wildman–Crippen LogP) is 1.52. The third-order valence-corrected chi connectivity index (χ3v) is 2.70. The Hall–Kier alpha value is -1.43. The normalized spacial score (nSPS) is 12.1. The van der Waals surface area contributed by atoms with Crippen LogP contribution in [-0.2, 0) is 4.79 Å². The van der Waals surface area contributed by atoms with Crippen molar-refractivity contribution in [3.05, 3.63) is 16.6 Å². The lowest BCUT2D eigenvalue weighted by Crippen LogP contribution is -2.40. The molecule has 0 saturated carbocycles. The van der Waals surface area contributed by atoms with E-state index in [-0.39, 0.29) is 5.69 Å². The third-order valence-electron chi connectivity index (χ3n) is 2.11. The van der Waals surface area contributed by atoms with Gasteiger partial charge in [-0.2, -0.15) is 0 Å². The molecule has 0 aliphatic rings. The molecule has 1 rings (SSSR count). The first-order valence-corrected chi connectivity index (χ1v) is 6.01. The summed E-state index contributed by atoms with van der Waals surface area (Å²) < 4.78 is 0. The second kappa shape index (κ2) is 6.22. The molecule has 6 heteroatoms. The molecule has 5 nitrogen and oxygen atoms in total. The van der Waals surface area contributed by atoms with Crippen LogP contribution in [-0.4, -0.2) is 28.0 Å². The molecule has 1 amide bonds. The topological polar surface area (TPSA) is 79.3 Å². The summed E-state index contributed by atoms with van der Waals surface area (Å²) in [4.78, 5) is 26.3. The molecule has 1 aromatic heterocycles. The molecule has 88 valence electrons. The first-order valence-electron chi connectivity index (χ1n) is 5.07. The molecule has 16 heavy (non-hydrogen) atoms. The largest absolute Gasteiger partial charge is 0.480 e. The number of aromatic nitrogens is 1. The monoisotopic (exact) mass is 242 g/mol. The molecule has 1 atom stereocenters. The average Bonchev–Trinajstić information content (AvgIpc) is 2.76. The molecule has 0 unspecified atom stereocenters. The van der Waals surface area contributed by atoms with E-state index in [1.165, 1.54) is 16.8 Å². The number of unbranched alkanes of at least 4 members (excludes halogenated alkanes) is 1. The van der Waals surface area contributed by atoms with Gasteiger partial charge >= 0.3 is 5.97 Å². The highest BCUT2D eigenvalue weighted by Gasteiger charge is 2.20. The second-order valence-electron chi connectivity index (χ2n) is 3.38. The standard InChI is InChI=1S/C10H14N2O3S/c1-2-3-4-7(10(14)15)12-9(13)8-5-16-6-11-8/h5-7H,2-4H2,1H3,(H,12,13)(H,14,15)/t7-/m0/s1. The van der Waals surface area contributed by atoms with Crippen LogP contribution in [0.5, 0.6) is 0 Å². The average molecular weight is 242 g/mol. The Morgan fingerprint density at radius 3 is 2.88 bits per heavy atom. The van der Waals surface area contributed by atoms with Gasteiger partial charge in [-0.15, -0.1) is 11.3 Å². The maximum atomic E-state index is 11.6. The Morgan fingerprint density at radius 1 is 1.62 bits per heavy atom. The number of carboxylic acid groups (broad SMARTS) is 1. The number of carboxylic acids is 1. The van der Waals surface area contributed by atoms with E-state index in [9.17, 15) is 9.59 Å². The van der Waals surface area contributed by atoms with Crippen molar-refractivity contribution < 1.29 is 14.7 Å². The van der Waals surface area contributed by atoms with Crippen molar-refractivity contribution in [2.45, 2.75) is 32.2 Å². The summed E-state index contributed by atoms with van der Waals surface area (Å²) in [6, 6.07) is -0.825. The lowest BCUT2D eigenvalue weighted by Gasteiger charge is -2.12. The SMILES string of the molecule is CCCC[C@H](NC(=O)c1cscn1)C(=O)O. The summed E-state index contributed by atoms with van der Waals surface area (Å²) in [6.07, 6.45) is 2.12. The molecule has 0 bridgehead atoms. The van der Waals surface area contributed by atoms with E-state index in [2.05, 4.69) is 10.3 Å². The van der Waals surface area contributed by atoms with Crippen LogP contribution in [0.3, 0.4) is 0 Å². The Kier molecular flexibility index (Phi) is 4.91. The van der Waals surface area contributed by atoms with Crippen LogP contribution in [0.4, 0.5) is 0 Å². The summed E-state index contributed by atoms with van der Waals surface area (Å²) in [5.74, 6) is -1.43. The van der Waals surface area contributed by atoms with Crippen LogP contribution in [0.15, 0.2) is 10.9 Å². The zero-order valence-electron chi connectivity index (χ0n) is 8.97. The van der Waals surface area contributed by atoms with Gasteiger partial charge in [0.05, 0.1) is 5.51 Å². The van der Waals surface area contributed by atoms with Gasteiger partial charge in [0.15, 0.2) is 0 Å². The highest BCUT2D eigenvalue weighted by Crippen LogP contribution is 2.04. The van der Waals surface area contributed by atoms with Crippen LogP contribution >= 0.6 is 11.3 Å². The van der Waals surface area contributed by atoms with Gasteiger partial charge in [-0.1, -0.05) is 19.8 Å². The fourth-order valence-electron chi connectivity index (χ4n) is 1.22. The highest BCUT2D eigenvalue weighted by molar-refractivity contribution is 7.07. The fourth-order valence-corrected chi connectivity index (χ4v) is 1.75. The van der Waals surface area contributed by atoms with Gasteiger partial charge in [0.1, 0.15) is 11.7 Å². The van der Waals surface area contributed by atoms with E-state index >= 15 is 0 Å². The van der Waals surface area contributed by atoms with Gasteiger partial charge in [0.25, 0.3) is 5.91 Å².